The van der Waals surface area contributed by atoms with Gasteiger partial charge in [0.05, 0.1) is 15.9 Å². The summed E-state index contributed by atoms with van der Waals surface area (Å²) in [6, 6.07) is 11.4. The third-order valence-electron chi connectivity index (χ3n) is 5.03. The van der Waals surface area contributed by atoms with Gasteiger partial charge in [-0.2, -0.15) is 0 Å². The van der Waals surface area contributed by atoms with Crippen LogP contribution in [-0.2, 0) is 0 Å². The molecule has 0 saturated carbocycles. The van der Waals surface area contributed by atoms with Gasteiger partial charge >= 0.3 is 0 Å². The van der Waals surface area contributed by atoms with Crippen LogP contribution in [0.1, 0.15) is 29.5 Å². The molecular weight excluding hydrogens is 322 g/mol. The molecule has 1 aliphatic heterocycles. The maximum absolute atomic E-state index is 11.4. The summed E-state index contributed by atoms with van der Waals surface area (Å²) in [5.41, 5.74) is 2.47. The fourth-order valence-electron chi connectivity index (χ4n) is 3.89. The number of nitrogens with zero attached hydrogens (tertiary/aromatic N) is 2. The Hall–Kier alpha value is -3.22. The summed E-state index contributed by atoms with van der Waals surface area (Å²) in [4.78, 5) is 21.5. The summed E-state index contributed by atoms with van der Waals surface area (Å²) in [6.45, 7) is 0. The molecule has 1 N–H and O–H groups in total. The van der Waals surface area contributed by atoms with Crippen LogP contribution in [0.15, 0.2) is 54.6 Å². The first-order valence-corrected chi connectivity index (χ1v) is 8.01. The molecule has 2 aromatic rings. The molecule has 2 aliphatic rings. The van der Waals surface area contributed by atoms with Gasteiger partial charge in [0, 0.05) is 24.1 Å². The van der Waals surface area contributed by atoms with Crippen LogP contribution >= 0.6 is 0 Å². The number of hydrogen-bond donors (Lipinski definition) is 1. The molecule has 0 amide bonds. The van der Waals surface area contributed by atoms with Crippen molar-refractivity contribution in [3.8, 4) is 0 Å². The van der Waals surface area contributed by atoms with E-state index in [0.29, 0.717) is 5.69 Å². The topological polar surface area (TPSA) is 98.3 Å². The van der Waals surface area contributed by atoms with Crippen molar-refractivity contribution in [1.29, 1.82) is 0 Å². The molecule has 3 atom stereocenters. The highest BCUT2D eigenvalue weighted by Crippen LogP contribution is 2.51. The minimum Gasteiger partial charge on any atom is -0.372 e. The quantitative estimate of drug-likeness (QED) is 0.510. The molecule has 7 nitrogen and oxygen atoms in total. The Morgan fingerprint density at radius 1 is 1.00 bits per heavy atom. The van der Waals surface area contributed by atoms with Crippen LogP contribution in [0.5, 0.6) is 0 Å². The molecule has 1 heterocycles. The van der Waals surface area contributed by atoms with Crippen molar-refractivity contribution in [1.82, 2.24) is 0 Å². The predicted octanol–water partition coefficient (Wildman–Crippen LogP) is 4.33. The molecule has 126 valence electrons. The second-order valence-corrected chi connectivity index (χ2v) is 6.32. The van der Waals surface area contributed by atoms with Gasteiger partial charge in [-0.05, 0) is 23.5 Å². The molecule has 0 bridgehead atoms. The average Bonchev–Trinajstić information content (AvgIpc) is 3.10. The maximum Gasteiger partial charge on any atom is 0.292 e. The Bertz CT molecular complexity index is 892. The zero-order chi connectivity index (χ0) is 17.6. The molecule has 0 radical (unpaired) electrons. The van der Waals surface area contributed by atoms with E-state index in [4.69, 9.17) is 0 Å². The van der Waals surface area contributed by atoms with Gasteiger partial charge in [-0.25, -0.2) is 0 Å². The Labute approximate surface area is 143 Å². The molecule has 0 aromatic heterocycles. The normalized spacial score (nSPS) is 23.4. The number of para-hydroxylation sites is 1. The lowest BCUT2D eigenvalue weighted by Crippen LogP contribution is -2.29. The first kappa shape index (κ1) is 15.3. The lowest BCUT2D eigenvalue weighted by Gasteiger charge is -2.37. The number of allylic oxidation sites excluding steroid dienone is 2. The van der Waals surface area contributed by atoms with E-state index in [1.807, 2.05) is 6.07 Å². The van der Waals surface area contributed by atoms with Gasteiger partial charge in [0.2, 0.25) is 0 Å². The molecule has 1 aliphatic carbocycles. The van der Waals surface area contributed by atoms with Crippen molar-refractivity contribution in [2.24, 2.45) is 5.92 Å². The average molecular weight is 337 g/mol. The molecule has 25 heavy (non-hydrogen) atoms. The minimum atomic E-state index is -0.432. The van der Waals surface area contributed by atoms with E-state index in [1.54, 1.807) is 18.2 Å². The molecule has 2 aromatic carbocycles. The minimum absolute atomic E-state index is 0.0343. The van der Waals surface area contributed by atoms with Crippen LogP contribution in [0.25, 0.3) is 0 Å². The Kier molecular flexibility index (Phi) is 3.49. The SMILES string of the molecule is O=[N+]([O-])c1ccc([C@H]2Nc3c(cccc3[N+](=O)[O-])[C@H]3C=CC[C@H]32)cc1. The van der Waals surface area contributed by atoms with Gasteiger partial charge < -0.3 is 5.32 Å². The lowest BCUT2D eigenvalue weighted by atomic mass is 9.77. The molecular formula is C18H15N3O4. The number of nitro groups is 2. The van der Waals surface area contributed by atoms with E-state index in [-0.39, 0.29) is 34.2 Å². The van der Waals surface area contributed by atoms with Gasteiger partial charge in [-0.3, -0.25) is 20.2 Å². The number of rotatable bonds is 3. The van der Waals surface area contributed by atoms with Gasteiger partial charge in [0.1, 0.15) is 5.69 Å². The van der Waals surface area contributed by atoms with E-state index < -0.39 is 4.92 Å². The monoisotopic (exact) mass is 337 g/mol. The third kappa shape index (κ3) is 2.44. The zero-order valence-corrected chi connectivity index (χ0v) is 13.2. The van der Waals surface area contributed by atoms with Gasteiger partial charge in [0.25, 0.3) is 11.4 Å². The van der Waals surface area contributed by atoms with Crippen LogP contribution in [0, 0.1) is 26.1 Å². The van der Waals surface area contributed by atoms with E-state index >= 15 is 0 Å². The molecule has 0 spiro atoms. The van der Waals surface area contributed by atoms with Gasteiger partial charge in [-0.15, -0.1) is 0 Å². The van der Waals surface area contributed by atoms with Crippen LogP contribution in [-0.4, -0.2) is 9.85 Å². The Morgan fingerprint density at radius 2 is 1.76 bits per heavy atom. The highest BCUT2D eigenvalue weighted by molar-refractivity contribution is 5.71. The summed E-state index contributed by atoms with van der Waals surface area (Å²) in [5, 5.41) is 25.6. The number of nitro benzene ring substituents is 2. The second-order valence-electron chi connectivity index (χ2n) is 6.32. The summed E-state index contributed by atoms with van der Waals surface area (Å²) in [5.74, 6) is 0.340. The fourth-order valence-corrected chi connectivity index (χ4v) is 3.89. The van der Waals surface area contributed by atoms with E-state index in [0.717, 1.165) is 17.5 Å². The second kappa shape index (κ2) is 5.70. The first-order valence-electron chi connectivity index (χ1n) is 8.01. The van der Waals surface area contributed by atoms with Crippen LogP contribution in [0.3, 0.4) is 0 Å². The number of non-ortho nitro benzene ring substituents is 1. The predicted molar refractivity (Wildman–Crippen MR) is 92.5 cm³/mol. The molecule has 0 saturated heterocycles. The fraction of sp³-hybridized carbons (Fsp3) is 0.222. The van der Waals surface area contributed by atoms with Crippen LogP contribution in [0.2, 0.25) is 0 Å². The number of anilines is 1. The third-order valence-corrected chi connectivity index (χ3v) is 5.03. The van der Waals surface area contributed by atoms with Crippen LogP contribution in [0.4, 0.5) is 17.1 Å². The standard InChI is InChI=1S/C18H15N3O4/c22-20(23)12-9-7-11(8-10-12)17-14-4-1-3-13(14)15-5-2-6-16(21(24)25)18(15)19-17/h1-3,5-10,13-14,17,19H,4H2/t13-,14+,17+/m0/s1. The Morgan fingerprint density at radius 3 is 2.44 bits per heavy atom. The van der Waals surface area contributed by atoms with Crippen molar-refractivity contribution in [2.45, 2.75) is 18.4 Å². The van der Waals surface area contributed by atoms with E-state index in [1.165, 1.54) is 18.2 Å². The number of hydrogen-bond acceptors (Lipinski definition) is 5. The first-order chi connectivity index (χ1) is 12.1. The summed E-state index contributed by atoms with van der Waals surface area (Å²) in [7, 11) is 0. The highest BCUT2D eigenvalue weighted by Gasteiger charge is 2.40. The summed E-state index contributed by atoms with van der Waals surface area (Å²) < 4.78 is 0. The zero-order valence-electron chi connectivity index (χ0n) is 13.2. The van der Waals surface area contributed by atoms with Gasteiger partial charge in [-0.1, -0.05) is 36.4 Å². The van der Waals surface area contributed by atoms with E-state index in [9.17, 15) is 20.2 Å². The van der Waals surface area contributed by atoms with Crippen molar-refractivity contribution in [2.75, 3.05) is 5.32 Å². The van der Waals surface area contributed by atoms with Crippen molar-refractivity contribution in [3.63, 3.8) is 0 Å². The Balaban J connectivity index is 1.78. The molecule has 4 rings (SSSR count). The molecule has 0 unspecified atom stereocenters. The van der Waals surface area contributed by atoms with Crippen molar-refractivity contribution >= 4 is 17.1 Å². The molecule has 7 heteroatoms. The smallest absolute Gasteiger partial charge is 0.292 e. The summed E-state index contributed by atoms with van der Waals surface area (Å²) in [6.07, 6.45) is 5.07. The summed E-state index contributed by atoms with van der Waals surface area (Å²) >= 11 is 0. The van der Waals surface area contributed by atoms with Crippen LogP contribution < -0.4 is 5.32 Å². The van der Waals surface area contributed by atoms with Gasteiger partial charge in [0.15, 0.2) is 0 Å². The number of benzene rings is 2. The van der Waals surface area contributed by atoms with Crippen molar-refractivity contribution < 1.29 is 9.85 Å². The molecule has 0 fully saturated rings. The largest absolute Gasteiger partial charge is 0.372 e. The number of nitrogens with one attached hydrogen (secondary N) is 1. The maximum atomic E-state index is 11.4. The lowest BCUT2D eigenvalue weighted by molar-refractivity contribution is -0.384. The highest BCUT2D eigenvalue weighted by atomic mass is 16.6. The van der Waals surface area contributed by atoms with Crippen molar-refractivity contribution in [3.05, 3.63) is 86.0 Å². The number of fused-ring (bicyclic) bond motifs is 3. The van der Waals surface area contributed by atoms with E-state index in [2.05, 4.69) is 17.5 Å².